The van der Waals surface area contributed by atoms with Crippen LogP contribution >= 0.6 is 12.2 Å². The molecule has 8 heteroatoms. The van der Waals surface area contributed by atoms with E-state index in [2.05, 4.69) is 10.3 Å². The molecule has 0 unspecified atom stereocenters. The molecule has 0 spiro atoms. The molecule has 1 aliphatic heterocycles. The summed E-state index contributed by atoms with van der Waals surface area (Å²) >= 11 is 5.73. The molecule has 0 aliphatic carbocycles. The topological polar surface area (TPSA) is 75.8 Å². The molecule has 33 heavy (non-hydrogen) atoms. The minimum Gasteiger partial charge on any atom is -0.497 e. The average Bonchev–Trinajstić information content (AvgIpc) is 3.36. The number of benzene rings is 2. The van der Waals surface area contributed by atoms with Crippen molar-refractivity contribution in [3.8, 4) is 11.5 Å². The summed E-state index contributed by atoms with van der Waals surface area (Å²) in [6.07, 6.45) is 2.28. The molecule has 0 radical (unpaired) electrons. The van der Waals surface area contributed by atoms with E-state index in [0.29, 0.717) is 36.1 Å². The van der Waals surface area contributed by atoms with E-state index in [0.717, 1.165) is 41.7 Å². The molecular formula is C25H29N3O4S. The van der Waals surface area contributed by atoms with Crippen molar-refractivity contribution < 1.29 is 14.2 Å². The summed E-state index contributed by atoms with van der Waals surface area (Å²) in [6, 6.07) is 15.4. The normalized spacial score (nSPS) is 15.4. The predicted octanol–water partition coefficient (Wildman–Crippen LogP) is 3.60. The maximum Gasteiger partial charge on any atom is 0.253 e. The molecular weight excluding hydrogens is 438 g/mol. The van der Waals surface area contributed by atoms with Crippen LogP contribution in [0, 0.1) is 0 Å². The lowest BCUT2D eigenvalue weighted by Crippen LogP contribution is -2.42. The van der Waals surface area contributed by atoms with Gasteiger partial charge in [-0.3, -0.25) is 4.79 Å². The molecule has 3 aromatic rings. The number of nitrogens with zero attached hydrogens (tertiary/aromatic N) is 1. The van der Waals surface area contributed by atoms with Crippen LogP contribution in [0.15, 0.2) is 53.3 Å². The van der Waals surface area contributed by atoms with Gasteiger partial charge in [-0.2, -0.15) is 0 Å². The number of H-pyrrole nitrogens is 1. The van der Waals surface area contributed by atoms with E-state index in [4.69, 9.17) is 26.4 Å². The Morgan fingerprint density at radius 2 is 1.88 bits per heavy atom. The first-order chi connectivity index (χ1) is 16.1. The van der Waals surface area contributed by atoms with Gasteiger partial charge in [-0.25, -0.2) is 0 Å². The number of pyridine rings is 1. The maximum absolute atomic E-state index is 12.9. The van der Waals surface area contributed by atoms with Gasteiger partial charge in [0.05, 0.1) is 32.4 Å². The van der Waals surface area contributed by atoms with Gasteiger partial charge in [0.1, 0.15) is 11.5 Å². The van der Waals surface area contributed by atoms with E-state index < -0.39 is 0 Å². The monoisotopic (exact) mass is 467 g/mol. The second-order valence-electron chi connectivity index (χ2n) is 8.10. The van der Waals surface area contributed by atoms with Gasteiger partial charge in [0, 0.05) is 31.3 Å². The van der Waals surface area contributed by atoms with Crippen molar-refractivity contribution in [2.75, 3.05) is 27.4 Å². The number of methoxy groups -OCH3 is 2. The lowest BCUT2D eigenvalue weighted by Gasteiger charge is -2.27. The van der Waals surface area contributed by atoms with Crippen LogP contribution < -0.4 is 20.3 Å². The van der Waals surface area contributed by atoms with Crippen molar-refractivity contribution in [2.45, 2.75) is 32.0 Å². The Kier molecular flexibility index (Phi) is 7.47. The summed E-state index contributed by atoms with van der Waals surface area (Å²) in [6.45, 7) is 2.39. The number of aromatic nitrogens is 1. The van der Waals surface area contributed by atoms with E-state index in [-0.39, 0.29) is 11.7 Å². The van der Waals surface area contributed by atoms with Crippen molar-refractivity contribution in [3.05, 3.63) is 70.0 Å². The van der Waals surface area contributed by atoms with Crippen LogP contribution in [0.2, 0.25) is 0 Å². The second kappa shape index (κ2) is 10.7. The third-order valence-corrected chi connectivity index (χ3v) is 6.22. The van der Waals surface area contributed by atoms with Crippen molar-refractivity contribution in [1.29, 1.82) is 0 Å². The standard InChI is InChI=1S/C25H29N3O4S/c1-30-20-8-5-17(6-9-20)15-28(25(33)26-14-22-4-3-11-32-22)16-19-12-18-7-10-21(31-2)13-23(18)27-24(19)29/h5-10,12-13,22H,3-4,11,14-16H2,1-2H3,(H,26,33)(H,27,29)/t22-/m0/s1. The maximum atomic E-state index is 12.9. The Labute approximate surface area is 198 Å². The van der Waals surface area contributed by atoms with Crippen molar-refractivity contribution >= 4 is 28.2 Å². The Bertz CT molecular complexity index is 1160. The van der Waals surface area contributed by atoms with Crippen LogP contribution in [0.1, 0.15) is 24.0 Å². The fraction of sp³-hybridized carbons (Fsp3) is 0.360. The van der Waals surface area contributed by atoms with Gasteiger partial charge in [0.2, 0.25) is 0 Å². The molecule has 2 heterocycles. The Balaban J connectivity index is 1.56. The van der Waals surface area contributed by atoms with Crippen LogP contribution in [0.25, 0.3) is 10.9 Å². The molecule has 174 valence electrons. The Morgan fingerprint density at radius 3 is 2.58 bits per heavy atom. The zero-order chi connectivity index (χ0) is 23.2. The molecule has 2 N–H and O–H groups in total. The van der Waals surface area contributed by atoms with Crippen LogP contribution in [0.4, 0.5) is 0 Å². The first kappa shape index (κ1) is 23.1. The number of fused-ring (bicyclic) bond motifs is 1. The first-order valence-corrected chi connectivity index (χ1v) is 11.4. The summed E-state index contributed by atoms with van der Waals surface area (Å²) in [5, 5.41) is 4.87. The van der Waals surface area contributed by atoms with E-state index in [9.17, 15) is 4.79 Å². The quantitative estimate of drug-likeness (QED) is 0.490. The first-order valence-electron chi connectivity index (χ1n) is 11.0. The van der Waals surface area contributed by atoms with Crippen LogP contribution in [-0.4, -0.2) is 48.5 Å². The second-order valence-corrected chi connectivity index (χ2v) is 8.49. The summed E-state index contributed by atoms with van der Waals surface area (Å²) in [4.78, 5) is 17.8. The molecule has 1 aliphatic rings. The SMILES string of the molecule is COc1ccc(CN(Cc2cc3ccc(OC)cc3[nH]c2=O)C(=S)NC[C@@H]2CCCO2)cc1. The third kappa shape index (κ3) is 5.83. The number of aromatic amines is 1. The number of thiocarbonyl (C=S) groups is 1. The molecule has 1 saturated heterocycles. The molecule has 1 fully saturated rings. The third-order valence-electron chi connectivity index (χ3n) is 5.82. The highest BCUT2D eigenvalue weighted by molar-refractivity contribution is 7.80. The number of nitrogens with one attached hydrogen (secondary N) is 2. The van der Waals surface area contributed by atoms with Gasteiger partial charge < -0.3 is 29.4 Å². The van der Waals surface area contributed by atoms with Gasteiger partial charge in [-0.05, 0) is 66.3 Å². The van der Waals surface area contributed by atoms with Gasteiger partial charge in [0.25, 0.3) is 5.56 Å². The molecule has 7 nitrogen and oxygen atoms in total. The summed E-state index contributed by atoms with van der Waals surface area (Å²) < 4.78 is 16.2. The minimum absolute atomic E-state index is 0.141. The number of hydrogen-bond donors (Lipinski definition) is 2. The lowest BCUT2D eigenvalue weighted by molar-refractivity contribution is 0.113. The largest absolute Gasteiger partial charge is 0.497 e. The zero-order valence-corrected chi connectivity index (χ0v) is 19.7. The van der Waals surface area contributed by atoms with Gasteiger partial charge in [0.15, 0.2) is 5.11 Å². The van der Waals surface area contributed by atoms with Crippen molar-refractivity contribution in [2.24, 2.45) is 0 Å². The molecule has 0 bridgehead atoms. The van der Waals surface area contributed by atoms with Gasteiger partial charge >= 0.3 is 0 Å². The molecule has 0 saturated carbocycles. The van der Waals surface area contributed by atoms with Gasteiger partial charge in [-0.15, -0.1) is 0 Å². The van der Waals surface area contributed by atoms with Gasteiger partial charge in [-0.1, -0.05) is 12.1 Å². The minimum atomic E-state index is -0.141. The zero-order valence-electron chi connectivity index (χ0n) is 18.9. The van der Waals surface area contributed by atoms with E-state index in [1.807, 2.05) is 53.4 Å². The number of hydrogen-bond acceptors (Lipinski definition) is 5. The smallest absolute Gasteiger partial charge is 0.253 e. The predicted molar refractivity (Wildman–Crippen MR) is 133 cm³/mol. The number of rotatable bonds is 8. The summed E-state index contributed by atoms with van der Waals surface area (Å²) in [5.74, 6) is 1.50. The molecule has 1 aromatic heterocycles. The number of ether oxygens (including phenoxy) is 3. The molecule has 2 aromatic carbocycles. The van der Waals surface area contributed by atoms with Crippen molar-refractivity contribution in [1.82, 2.24) is 15.2 Å². The highest BCUT2D eigenvalue weighted by Crippen LogP contribution is 2.20. The average molecular weight is 468 g/mol. The lowest BCUT2D eigenvalue weighted by atomic mass is 10.1. The van der Waals surface area contributed by atoms with Crippen molar-refractivity contribution in [3.63, 3.8) is 0 Å². The van der Waals surface area contributed by atoms with Crippen LogP contribution in [0.5, 0.6) is 11.5 Å². The molecule has 1 atom stereocenters. The fourth-order valence-electron chi connectivity index (χ4n) is 3.94. The summed E-state index contributed by atoms with van der Waals surface area (Å²) in [7, 11) is 3.25. The Hall–Kier alpha value is -3.10. The van der Waals surface area contributed by atoms with E-state index in [1.54, 1.807) is 14.2 Å². The molecule has 4 rings (SSSR count). The van der Waals surface area contributed by atoms with E-state index >= 15 is 0 Å². The Morgan fingerprint density at radius 1 is 1.12 bits per heavy atom. The van der Waals surface area contributed by atoms with Crippen LogP contribution in [-0.2, 0) is 17.8 Å². The highest BCUT2D eigenvalue weighted by Gasteiger charge is 2.18. The van der Waals surface area contributed by atoms with Crippen LogP contribution in [0.3, 0.4) is 0 Å². The molecule has 0 amide bonds. The highest BCUT2D eigenvalue weighted by atomic mass is 32.1. The van der Waals surface area contributed by atoms with E-state index in [1.165, 1.54) is 0 Å². The fourth-order valence-corrected chi connectivity index (χ4v) is 4.16. The summed E-state index contributed by atoms with van der Waals surface area (Å²) in [5.41, 5.74) is 2.31.